The lowest BCUT2D eigenvalue weighted by atomic mass is 10.1. The van der Waals surface area contributed by atoms with Crippen molar-refractivity contribution in [3.63, 3.8) is 0 Å². The summed E-state index contributed by atoms with van der Waals surface area (Å²) in [5, 5.41) is 0.586. The lowest BCUT2D eigenvalue weighted by Gasteiger charge is -2.07. The maximum absolute atomic E-state index is 6.24. The fraction of sp³-hybridized carbons (Fsp3) is 0.417. The molecule has 0 amide bonds. The smallest absolute Gasteiger partial charge is 0.197 e. The number of H-pyrrole nitrogens is 1. The second-order valence-corrected chi connectivity index (χ2v) is 4.62. The number of hydrogen-bond acceptors (Lipinski definition) is 3. The molecule has 0 aromatic carbocycles. The monoisotopic (exact) mass is 248 g/mol. The highest BCUT2D eigenvalue weighted by Crippen LogP contribution is 2.26. The molecule has 0 unspecified atom stereocenters. The Kier molecular flexibility index (Phi) is 2.81. The standard InChI is InChI=1S/C12H13ClN4/c13-10-8-4-2-1-3-5-9(8)16-12(17-10)11-14-6-7-15-11/h6-7H,1-5H2,(H,14,15). The summed E-state index contributed by atoms with van der Waals surface area (Å²) in [4.78, 5) is 16.1. The molecular weight excluding hydrogens is 236 g/mol. The number of hydrogen-bond donors (Lipinski definition) is 1. The van der Waals surface area contributed by atoms with Crippen LogP contribution in [0.4, 0.5) is 0 Å². The van der Waals surface area contributed by atoms with Crippen molar-refractivity contribution < 1.29 is 0 Å². The van der Waals surface area contributed by atoms with Crippen molar-refractivity contribution in [2.24, 2.45) is 0 Å². The minimum Gasteiger partial charge on any atom is -0.342 e. The van der Waals surface area contributed by atoms with Crippen LogP contribution in [0.15, 0.2) is 12.4 Å². The van der Waals surface area contributed by atoms with Crippen LogP contribution in [0.1, 0.15) is 30.5 Å². The van der Waals surface area contributed by atoms with E-state index in [0.717, 1.165) is 24.1 Å². The zero-order chi connectivity index (χ0) is 11.7. The first-order valence-electron chi connectivity index (χ1n) is 5.89. The molecule has 2 heterocycles. The van der Waals surface area contributed by atoms with Gasteiger partial charge in [0.1, 0.15) is 5.15 Å². The van der Waals surface area contributed by atoms with E-state index in [-0.39, 0.29) is 0 Å². The number of imidazole rings is 1. The van der Waals surface area contributed by atoms with E-state index < -0.39 is 0 Å². The van der Waals surface area contributed by atoms with E-state index in [1.54, 1.807) is 12.4 Å². The molecule has 0 aliphatic heterocycles. The number of aryl methyl sites for hydroxylation is 1. The van der Waals surface area contributed by atoms with E-state index in [9.17, 15) is 0 Å². The van der Waals surface area contributed by atoms with Gasteiger partial charge in [0.2, 0.25) is 0 Å². The van der Waals surface area contributed by atoms with E-state index in [0.29, 0.717) is 16.8 Å². The Bertz CT molecular complexity index is 522. The third-order valence-electron chi connectivity index (χ3n) is 3.09. The lowest BCUT2D eigenvalue weighted by molar-refractivity contribution is 0.709. The summed E-state index contributed by atoms with van der Waals surface area (Å²) in [6.07, 6.45) is 9.03. The number of fused-ring (bicyclic) bond motifs is 1. The van der Waals surface area contributed by atoms with Crippen molar-refractivity contribution in [2.45, 2.75) is 32.1 Å². The average molecular weight is 249 g/mol. The van der Waals surface area contributed by atoms with Crippen molar-refractivity contribution in [1.82, 2.24) is 19.9 Å². The highest BCUT2D eigenvalue weighted by atomic mass is 35.5. The summed E-state index contributed by atoms with van der Waals surface area (Å²) in [7, 11) is 0. The first-order valence-corrected chi connectivity index (χ1v) is 6.27. The van der Waals surface area contributed by atoms with Gasteiger partial charge in [0.25, 0.3) is 0 Å². The largest absolute Gasteiger partial charge is 0.342 e. The van der Waals surface area contributed by atoms with E-state index in [2.05, 4.69) is 19.9 Å². The summed E-state index contributed by atoms with van der Waals surface area (Å²) < 4.78 is 0. The van der Waals surface area contributed by atoms with E-state index in [4.69, 9.17) is 11.6 Å². The quantitative estimate of drug-likeness (QED) is 0.624. The molecule has 5 heteroatoms. The molecule has 88 valence electrons. The molecule has 3 rings (SSSR count). The summed E-state index contributed by atoms with van der Waals surface area (Å²) in [6, 6.07) is 0. The first kappa shape index (κ1) is 10.7. The second kappa shape index (κ2) is 4.45. The fourth-order valence-corrected chi connectivity index (χ4v) is 2.50. The second-order valence-electron chi connectivity index (χ2n) is 4.26. The number of aromatic nitrogens is 4. The molecule has 0 bridgehead atoms. The number of aromatic amines is 1. The summed E-state index contributed by atoms with van der Waals surface area (Å²) in [6.45, 7) is 0. The molecule has 1 N–H and O–H groups in total. The zero-order valence-electron chi connectivity index (χ0n) is 9.41. The molecule has 1 aliphatic rings. The number of rotatable bonds is 1. The minimum atomic E-state index is 0.586. The molecule has 0 atom stereocenters. The van der Waals surface area contributed by atoms with Gasteiger partial charge >= 0.3 is 0 Å². The Hall–Kier alpha value is -1.42. The van der Waals surface area contributed by atoms with Gasteiger partial charge in [-0.1, -0.05) is 18.0 Å². The molecule has 0 saturated heterocycles. The van der Waals surface area contributed by atoms with Crippen LogP contribution in [0.3, 0.4) is 0 Å². The van der Waals surface area contributed by atoms with Gasteiger partial charge in [-0.25, -0.2) is 15.0 Å². The number of nitrogens with one attached hydrogen (secondary N) is 1. The van der Waals surface area contributed by atoms with E-state index >= 15 is 0 Å². The molecule has 2 aromatic rings. The predicted molar refractivity (Wildman–Crippen MR) is 65.9 cm³/mol. The maximum atomic E-state index is 6.24. The Balaban J connectivity index is 2.09. The van der Waals surface area contributed by atoms with Gasteiger partial charge in [-0.3, -0.25) is 0 Å². The van der Waals surface area contributed by atoms with Crippen molar-refractivity contribution in [3.05, 3.63) is 28.8 Å². The van der Waals surface area contributed by atoms with Gasteiger partial charge in [0.15, 0.2) is 11.6 Å². The lowest BCUT2D eigenvalue weighted by Crippen LogP contribution is -2.02. The highest BCUT2D eigenvalue weighted by molar-refractivity contribution is 6.30. The van der Waals surface area contributed by atoms with Crippen LogP contribution in [0.25, 0.3) is 11.6 Å². The Morgan fingerprint density at radius 1 is 1.12 bits per heavy atom. The van der Waals surface area contributed by atoms with Crippen molar-refractivity contribution in [1.29, 1.82) is 0 Å². The normalized spacial score (nSPS) is 15.4. The van der Waals surface area contributed by atoms with Gasteiger partial charge in [0, 0.05) is 23.7 Å². The summed E-state index contributed by atoms with van der Waals surface area (Å²) >= 11 is 6.24. The molecule has 0 fully saturated rings. The number of halogens is 1. The van der Waals surface area contributed by atoms with Crippen LogP contribution in [-0.2, 0) is 12.8 Å². The van der Waals surface area contributed by atoms with Gasteiger partial charge in [-0.15, -0.1) is 0 Å². The molecule has 0 radical (unpaired) electrons. The average Bonchev–Trinajstić information content (AvgIpc) is 2.75. The third kappa shape index (κ3) is 2.05. The first-order chi connectivity index (χ1) is 8.34. The van der Waals surface area contributed by atoms with Crippen LogP contribution < -0.4 is 0 Å². The molecule has 0 saturated carbocycles. The van der Waals surface area contributed by atoms with Gasteiger partial charge in [0.05, 0.1) is 0 Å². The van der Waals surface area contributed by atoms with Crippen molar-refractivity contribution >= 4 is 11.6 Å². The van der Waals surface area contributed by atoms with Gasteiger partial charge in [-0.05, 0) is 25.7 Å². The van der Waals surface area contributed by atoms with Crippen molar-refractivity contribution in [3.8, 4) is 11.6 Å². The van der Waals surface area contributed by atoms with Crippen LogP contribution >= 0.6 is 11.6 Å². The van der Waals surface area contributed by atoms with Crippen LogP contribution in [0.2, 0.25) is 5.15 Å². The van der Waals surface area contributed by atoms with Crippen molar-refractivity contribution in [2.75, 3.05) is 0 Å². The molecule has 2 aromatic heterocycles. The Morgan fingerprint density at radius 2 is 2.00 bits per heavy atom. The molecule has 0 spiro atoms. The SMILES string of the molecule is Clc1nc(-c2ncc[nH]2)nc2c1CCCCC2. The molecule has 17 heavy (non-hydrogen) atoms. The van der Waals surface area contributed by atoms with Crippen LogP contribution in [0.5, 0.6) is 0 Å². The number of nitrogens with zero attached hydrogens (tertiary/aromatic N) is 3. The maximum Gasteiger partial charge on any atom is 0.197 e. The predicted octanol–water partition coefficient (Wildman–Crippen LogP) is 2.79. The van der Waals surface area contributed by atoms with Gasteiger partial charge < -0.3 is 4.98 Å². The fourth-order valence-electron chi connectivity index (χ4n) is 2.22. The Labute approximate surface area is 104 Å². The third-order valence-corrected chi connectivity index (χ3v) is 3.41. The Morgan fingerprint density at radius 3 is 2.82 bits per heavy atom. The topological polar surface area (TPSA) is 54.5 Å². The molecular formula is C12H13ClN4. The van der Waals surface area contributed by atoms with E-state index in [1.165, 1.54) is 19.3 Å². The van der Waals surface area contributed by atoms with Crippen LogP contribution in [0, 0.1) is 0 Å². The van der Waals surface area contributed by atoms with Crippen LogP contribution in [-0.4, -0.2) is 19.9 Å². The van der Waals surface area contributed by atoms with Gasteiger partial charge in [-0.2, -0.15) is 0 Å². The molecule has 1 aliphatic carbocycles. The van der Waals surface area contributed by atoms with E-state index in [1.807, 2.05) is 0 Å². The minimum absolute atomic E-state index is 0.586. The summed E-state index contributed by atoms with van der Waals surface area (Å²) in [5.41, 5.74) is 2.22. The highest BCUT2D eigenvalue weighted by Gasteiger charge is 2.16. The summed E-state index contributed by atoms with van der Waals surface area (Å²) in [5.74, 6) is 1.28. The zero-order valence-corrected chi connectivity index (χ0v) is 10.2. The molecule has 4 nitrogen and oxygen atoms in total.